The first-order valence-electron chi connectivity index (χ1n) is 11.9. The maximum absolute atomic E-state index is 13.4. The predicted molar refractivity (Wildman–Crippen MR) is 147 cm³/mol. The Kier molecular flexibility index (Phi) is 6.91. The number of pyridine rings is 1. The second-order valence-electron chi connectivity index (χ2n) is 8.85. The fraction of sp³-hybridized carbons (Fsp3) is 0.375. The van der Waals surface area contributed by atoms with E-state index in [2.05, 4.69) is 52.8 Å². The number of hydrogen-bond donors (Lipinski definition) is 1. The standard InChI is InChI=1S/C24H25IN8O3S/c1-4-37(35,36)17-8-7-16(26-10-17)9-27-22-24(34)33(14(3)25)23-18(31-22)11-28-21(32-23)19-13(2)29-12-30-20(19)15-5-6-15/h7-8,10-12,14-15H,4-6,9H2,1-3H3,(H,27,31)/t14-/m1/s1. The van der Waals surface area contributed by atoms with Crippen LogP contribution in [0.1, 0.15) is 53.7 Å². The smallest absolute Gasteiger partial charge is 0.295 e. The van der Waals surface area contributed by atoms with E-state index in [0.717, 1.165) is 29.8 Å². The van der Waals surface area contributed by atoms with Gasteiger partial charge in [-0.1, -0.05) is 29.5 Å². The molecule has 0 saturated heterocycles. The number of nitrogens with zero attached hydrogens (tertiary/aromatic N) is 7. The van der Waals surface area contributed by atoms with Gasteiger partial charge in [-0.05, 0) is 38.8 Å². The van der Waals surface area contributed by atoms with E-state index in [1.54, 1.807) is 30.1 Å². The number of halogens is 1. The van der Waals surface area contributed by atoms with Gasteiger partial charge in [0.05, 0.1) is 50.1 Å². The number of sulfone groups is 1. The van der Waals surface area contributed by atoms with Crippen molar-refractivity contribution < 1.29 is 8.42 Å². The zero-order valence-electron chi connectivity index (χ0n) is 20.5. The molecule has 0 spiro atoms. The van der Waals surface area contributed by atoms with E-state index in [-0.39, 0.29) is 32.6 Å². The lowest BCUT2D eigenvalue weighted by atomic mass is 10.1. The number of aromatic nitrogens is 7. The molecule has 0 amide bonds. The van der Waals surface area contributed by atoms with E-state index in [0.29, 0.717) is 28.6 Å². The zero-order valence-corrected chi connectivity index (χ0v) is 23.5. The number of aryl methyl sites for hydroxylation is 1. The van der Waals surface area contributed by atoms with Gasteiger partial charge in [-0.2, -0.15) is 0 Å². The first kappa shape index (κ1) is 25.6. The number of alkyl halides is 1. The van der Waals surface area contributed by atoms with Crippen molar-refractivity contribution >= 4 is 49.4 Å². The summed E-state index contributed by atoms with van der Waals surface area (Å²) in [5.74, 6) is 1.00. The van der Waals surface area contributed by atoms with Gasteiger partial charge < -0.3 is 5.32 Å². The zero-order chi connectivity index (χ0) is 26.3. The Hall–Kier alpha value is -3.07. The summed E-state index contributed by atoms with van der Waals surface area (Å²) in [4.78, 5) is 40.5. The summed E-state index contributed by atoms with van der Waals surface area (Å²) >= 11 is 2.17. The molecular formula is C24H25IN8O3S. The van der Waals surface area contributed by atoms with E-state index in [4.69, 9.17) is 4.98 Å². The minimum atomic E-state index is -3.33. The third-order valence-electron chi connectivity index (χ3n) is 6.22. The topological polar surface area (TPSA) is 146 Å². The molecule has 4 heterocycles. The van der Waals surface area contributed by atoms with Gasteiger partial charge in [-0.3, -0.25) is 14.3 Å². The van der Waals surface area contributed by atoms with Crippen molar-refractivity contribution in [2.75, 3.05) is 11.1 Å². The second-order valence-corrected chi connectivity index (χ2v) is 12.9. The molecule has 1 aliphatic rings. The van der Waals surface area contributed by atoms with Crippen LogP contribution < -0.4 is 10.9 Å². The van der Waals surface area contributed by atoms with Gasteiger partial charge in [0, 0.05) is 12.1 Å². The van der Waals surface area contributed by atoms with Crippen LogP contribution in [-0.4, -0.2) is 48.6 Å². The average molecular weight is 632 g/mol. The van der Waals surface area contributed by atoms with Crippen LogP contribution in [0.25, 0.3) is 22.6 Å². The lowest BCUT2D eigenvalue weighted by Crippen LogP contribution is -2.27. The van der Waals surface area contributed by atoms with Crippen LogP contribution in [0.2, 0.25) is 0 Å². The second kappa shape index (κ2) is 10.0. The highest BCUT2D eigenvalue weighted by Gasteiger charge is 2.30. The van der Waals surface area contributed by atoms with Gasteiger partial charge in [0.15, 0.2) is 27.1 Å². The van der Waals surface area contributed by atoms with Gasteiger partial charge in [0.1, 0.15) is 11.8 Å². The molecule has 0 aliphatic heterocycles. The molecule has 5 rings (SSSR count). The molecule has 1 saturated carbocycles. The Morgan fingerprint density at radius 1 is 1.14 bits per heavy atom. The molecule has 192 valence electrons. The summed E-state index contributed by atoms with van der Waals surface area (Å²) in [6, 6.07) is 3.13. The van der Waals surface area contributed by atoms with E-state index in [1.165, 1.54) is 12.3 Å². The highest BCUT2D eigenvalue weighted by molar-refractivity contribution is 14.1. The molecule has 11 nitrogen and oxygen atoms in total. The van der Waals surface area contributed by atoms with Crippen molar-refractivity contribution in [1.29, 1.82) is 0 Å². The maximum atomic E-state index is 13.4. The van der Waals surface area contributed by atoms with Crippen LogP contribution in [-0.2, 0) is 16.4 Å². The molecule has 1 atom stereocenters. The lowest BCUT2D eigenvalue weighted by Gasteiger charge is -2.15. The highest BCUT2D eigenvalue weighted by Crippen LogP contribution is 2.43. The normalized spacial score (nSPS) is 14.6. The highest BCUT2D eigenvalue weighted by atomic mass is 127. The number of rotatable bonds is 8. The maximum Gasteiger partial charge on any atom is 0.295 e. The third-order valence-corrected chi connectivity index (χ3v) is 8.49. The molecular weight excluding hydrogens is 607 g/mol. The van der Waals surface area contributed by atoms with Crippen molar-refractivity contribution in [3.05, 3.63) is 58.3 Å². The quantitative estimate of drug-likeness (QED) is 0.226. The molecule has 4 aromatic rings. The van der Waals surface area contributed by atoms with Crippen molar-refractivity contribution in [2.24, 2.45) is 0 Å². The fourth-order valence-corrected chi connectivity index (χ4v) is 5.38. The number of hydrogen-bond acceptors (Lipinski definition) is 10. The SMILES string of the molecule is CCS(=O)(=O)c1ccc(CNc2nc3cnc(-c4c(C)ncnc4C4CC4)nc3n([C@H](C)I)c2=O)nc1. The van der Waals surface area contributed by atoms with E-state index < -0.39 is 9.84 Å². The lowest BCUT2D eigenvalue weighted by molar-refractivity contribution is 0.596. The van der Waals surface area contributed by atoms with E-state index in [9.17, 15) is 13.2 Å². The van der Waals surface area contributed by atoms with Crippen molar-refractivity contribution in [2.45, 2.75) is 55.0 Å². The molecule has 1 aliphatic carbocycles. The summed E-state index contributed by atoms with van der Waals surface area (Å²) in [5.41, 5.74) is 3.70. The molecule has 13 heteroatoms. The van der Waals surface area contributed by atoms with Gasteiger partial charge in [-0.25, -0.2) is 33.3 Å². The molecule has 0 unspecified atom stereocenters. The monoisotopic (exact) mass is 632 g/mol. The summed E-state index contributed by atoms with van der Waals surface area (Å²) in [6.07, 6.45) is 6.67. The van der Waals surface area contributed by atoms with Crippen LogP contribution in [0, 0.1) is 6.92 Å². The number of anilines is 1. The van der Waals surface area contributed by atoms with E-state index in [1.807, 2.05) is 13.8 Å². The van der Waals surface area contributed by atoms with Gasteiger partial charge >= 0.3 is 0 Å². The summed E-state index contributed by atoms with van der Waals surface area (Å²) in [7, 11) is -3.33. The molecule has 37 heavy (non-hydrogen) atoms. The molecule has 1 N–H and O–H groups in total. The number of fused-ring (bicyclic) bond motifs is 1. The van der Waals surface area contributed by atoms with Gasteiger partial charge in [0.2, 0.25) is 0 Å². The molecule has 0 bridgehead atoms. The van der Waals surface area contributed by atoms with E-state index >= 15 is 0 Å². The number of nitrogens with one attached hydrogen (secondary N) is 1. The summed E-state index contributed by atoms with van der Waals surface area (Å²) < 4.78 is 25.4. The van der Waals surface area contributed by atoms with Crippen molar-refractivity contribution in [3.8, 4) is 11.4 Å². The van der Waals surface area contributed by atoms with Gasteiger partial charge in [0.25, 0.3) is 5.56 Å². The van der Waals surface area contributed by atoms with Crippen LogP contribution in [0.15, 0.2) is 40.5 Å². The fourth-order valence-electron chi connectivity index (χ4n) is 4.04. The van der Waals surface area contributed by atoms with Crippen LogP contribution in [0.5, 0.6) is 0 Å². The predicted octanol–water partition coefficient (Wildman–Crippen LogP) is 3.58. The van der Waals surface area contributed by atoms with Crippen LogP contribution in [0.4, 0.5) is 5.82 Å². The Bertz CT molecular complexity index is 1650. The Morgan fingerprint density at radius 2 is 1.92 bits per heavy atom. The molecule has 1 fully saturated rings. The Labute approximate surface area is 227 Å². The first-order valence-corrected chi connectivity index (χ1v) is 14.8. The summed E-state index contributed by atoms with van der Waals surface area (Å²) in [5, 5.41) is 3.04. The largest absolute Gasteiger partial charge is 0.360 e. The Morgan fingerprint density at radius 3 is 2.57 bits per heavy atom. The van der Waals surface area contributed by atoms with Crippen molar-refractivity contribution in [1.82, 2.24) is 34.5 Å². The third kappa shape index (κ3) is 5.06. The molecule has 0 aromatic carbocycles. The molecule has 0 radical (unpaired) electrons. The average Bonchev–Trinajstić information content (AvgIpc) is 3.73. The Balaban J connectivity index is 1.51. The minimum absolute atomic E-state index is 0.00383. The van der Waals surface area contributed by atoms with Crippen molar-refractivity contribution in [3.63, 3.8) is 0 Å². The van der Waals surface area contributed by atoms with Gasteiger partial charge in [-0.15, -0.1) is 0 Å². The summed E-state index contributed by atoms with van der Waals surface area (Å²) in [6.45, 7) is 5.59. The first-order chi connectivity index (χ1) is 17.7. The minimum Gasteiger partial charge on any atom is -0.360 e. The van der Waals surface area contributed by atoms with Crippen LogP contribution in [0.3, 0.4) is 0 Å². The molecule has 4 aromatic heterocycles. The van der Waals surface area contributed by atoms with Crippen LogP contribution >= 0.6 is 22.6 Å².